The van der Waals surface area contributed by atoms with Gasteiger partial charge < -0.3 is 15.1 Å². The van der Waals surface area contributed by atoms with Crippen molar-refractivity contribution < 1.29 is 4.79 Å². The van der Waals surface area contributed by atoms with Crippen molar-refractivity contribution in [2.75, 3.05) is 42.9 Å². The average molecular weight is 461 g/mol. The van der Waals surface area contributed by atoms with Gasteiger partial charge in [-0.3, -0.25) is 9.69 Å². The van der Waals surface area contributed by atoms with Crippen molar-refractivity contribution in [1.82, 2.24) is 9.80 Å². The predicted octanol–water partition coefficient (Wildman–Crippen LogP) is 4.46. The third-order valence-corrected chi connectivity index (χ3v) is 7.75. The molecule has 2 aromatic carbocycles. The van der Waals surface area contributed by atoms with Crippen molar-refractivity contribution in [3.8, 4) is 0 Å². The van der Waals surface area contributed by atoms with E-state index >= 15 is 0 Å². The van der Waals surface area contributed by atoms with E-state index in [1.807, 2.05) is 11.8 Å². The Morgan fingerprint density at radius 1 is 0.970 bits per heavy atom. The molecule has 1 fully saturated rings. The zero-order valence-corrected chi connectivity index (χ0v) is 20.1. The number of carbonyl (C=O) groups excluding carboxylic acids is 1. The number of amides is 1. The van der Waals surface area contributed by atoms with Crippen LogP contribution in [0.15, 0.2) is 66.0 Å². The van der Waals surface area contributed by atoms with E-state index in [-0.39, 0.29) is 11.9 Å². The second-order valence-corrected chi connectivity index (χ2v) is 10.0. The highest BCUT2D eigenvalue weighted by atomic mass is 32.1. The number of benzene rings is 2. The number of fused-ring (bicyclic) bond motifs is 1. The van der Waals surface area contributed by atoms with Crippen molar-refractivity contribution in [3.63, 3.8) is 0 Å². The van der Waals surface area contributed by atoms with Crippen molar-refractivity contribution in [3.05, 3.63) is 82.0 Å². The van der Waals surface area contributed by atoms with Crippen LogP contribution in [0.2, 0.25) is 0 Å². The molecule has 1 atom stereocenters. The van der Waals surface area contributed by atoms with Crippen LogP contribution in [0.1, 0.15) is 22.9 Å². The van der Waals surface area contributed by atoms with Crippen LogP contribution in [-0.4, -0.2) is 54.5 Å². The summed E-state index contributed by atoms with van der Waals surface area (Å²) in [6, 6.07) is 21.2. The van der Waals surface area contributed by atoms with Gasteiger partial charge in [-0.05, 0) is 60.2 Å². The summed E-state index contributed by atoms with van der Waals surface area (Å²) in [6.45, 7) is 8.75. The first-order valence-electron chi connectivity index (χ1n) is 11.9. The fraction of sp³-hybridized carbons (Fsp3) is 0.370. The van der Waals surface area contributed by atoms with Gasteiger partial charge in [0.15, 0.2) is 0 Å². The number of rotatable bonds is 6. The van der Waals surface area contributed by atoms with Crippen LogP contribution in [0, 0.1) is 0 Å². The topological polar surface area (TPSA) is 38.8 Å². The normalized spacial score (nSPS) is 17.5. The second kappa shape index (κ2) is 9.98. The Balaban J connectivity index is 1.11. The van der Waals surface area contributed by atoms with E-state index in [0.717, 1.165) is 57.9 Å². The van der Waals surface area contributed by atoms with Gasteiger partial charge in [-0.25, -0.2) is 0 Å². The Hall–Kier alpha value is -2.83. The molecule has 2 aliphatic heterocycles. The summed E-state index contributed by atoms with van der Waals surface area (Å²) >= 11 is 1.80. The lowest BCUT2D eigenvalue weighted by Gasteiger charge is -2.36. The molecule has 0 radical (unpaired) electrons. The second-order valence-electron chi connectivity index (χ2n) is 9.04. The molecule has 1 saturated heterocycles. The number of thiophene rings is 1. The minimum absolute atomic E-state index is 0.172. The summed E-state index contributed by atoms with van der Waals surface area (Å²) < 4.78 is 0. The quantitative estimate of drug-likeness (QED) is 0.590. The van der Waals surface area contributed by atoms with Gasteiger partial charge in [-0.1, -0.05) is 30.3 Å². The first-order chi connectivity index (χ1) is 16.2. The van der Waals surface area contributed by atoms with Gasteiger partial charge in [0.25, 0.3) is 0 Å². The standard InChI is InChI=1S/C27H32N4OS/c1-21(27(32)31-13-11-26-23(20-31)12-18-33-26)28-24-7-9-25(10-8-24)30-16-14-29(15-17-30)19-22-5-3-2-4-6-22/h2-10,12,18,21,28H,11,13-17,19-20H2,1H3. The number of nitrogens with zero attached hydrogens (tertiary/aromatic N) is 3. The lowest BCUT2D eigenvalue weighted by atomic mass is 10.1. The molecule has 5 rings (SSSR count). The van der Waals surface area contributed by atoms with E-state index in [1.54, 1.807) is 11.3 Å². The molecule has 1 N–H and O–H groups in total. The Bertz CT molecular complexity index is 1060. The molecule has 1 aromatic heterocycles. The van der Waals surface area contributed by atoms with Gasteiger partial charge in [-0.2, -0.15) is 0 Å². The number of nitrogens with one attached hydrogen (secondary N) is 1. The van der Waals surface area contributed by atoms with Gasteiger partial charge >= 0.3 is 0 Å². The van der Waals surface area contributed by atoms with Crippen LogP contribution in [0.5, 0.6) is 0 Å². The van der Waals surface area contributed by atoms with Crippen molar-refractivity contribution >= 4 is 28.6 Å². The number of anilines is 2. The zero-order chi connectivity index (χ0) is 22.6. The summed E-state index contributed by atoms with van der Waals surface area (Å²) in [6.07, 6.45) is 0.971. The summed E-state index contributed by atoms with van der Waals surface area (Å²) in [5.41, 5.74) is 4.93. The molecule has 3 aromatic rings. The Morgan fingerprint density at radius 2 is 1.73 bits per heavy atom. The fourth-order valence-electron chi connectivity index (χ4n) is 4.80. The van der Waals surface area contributed by atoms with Crippen molar-refractivity contribution in [2.24, 2.45) is 0 Å². The molecular weight excluding hydrogens is 428 g/mol. The molecule has 2 aliphatic rings. The number of hydrogen-bond acceptors (Lipinski definition) is 5. The first-order valence-corrected chi connectivity index (χ1v) is 12.8. The van der Waals surface area contributed by atoms with Gasteiger partial charge in [0, 0.05) is 62.1 Å². The third-order valence-electron chi connectivity index (χ3n) is 6.73. The van der Waals surface area contributed by atoms with E-state index in [1.165, 1.54) is 21.7 Å². The molecule has 1 unspecified atom stereocenters. The zero-order valence-electron chi connectivity index (χ0n) is 19.2. The molecule has 172 valence electrons. The van der Waals surface area contributed by atoms with Crippen LogP contribution in [0.3, 0.4) is 0 Å². The molecule has 0 aliphatic carbocycles. The molecular formula is C27H32N4OS. The highest BCUT2D eigenvalue weighted by molar-refractivity contribution is 7.10. The summed E-state index contributed by atoms with van der Waals surface area (Å²) in [5.74, 6) is 0.172. The van der Waals surface area contributed by atoms with E-state index in [2.05, 4.69) is 81.2 Å². The van der Waals surface area contributed by atoms with Crippen molar-refractivity contribution in [2.45, 2.75) is 32.5 Å². The molecule has 0 saturated carbocycles. The summed E-state index contributed by atoms with van der Waals surface area (Å²) in [5, 5.41) is 5.54. The smallest absolute Gasteiger partial charge is 0.245 e. The van der Waals surface area contributed by atoms with Gasteiger partial charge in [0.1, 0.15) is 6.04 Å². The molecule has 0 spiro atoms. The van der Waals surface area contributed by atoms with Gasteiger partial charge in [0.05, 0.1) is 0 Å². The highest BCUT2D eigenvalue weighted by Gasteiger charge is 2.25. The molecule has 5 nitrogen and oxygen atoms in total. The van der Waals surface area contributed by atoms with Crippen LogP contribution in [-0.2, 0) is 24.3 Å². The predicted molar refractivity (Wildman–Crippen MR) is 137 cm³/mol. The summed E-state index contributed by atoms with van der Waals surface area (Å²) in [4.78, 5) is 21.3. The average Bonchev–Trinajstić information content (AvgIpc) is 3.33. The Morgan fingerprint density at radius 3 is 2.48 bits per heavy atom. The molecule has 1 amide bonds. The maximum absolute atomic E-state index is 13.0. The summed E-state index contributed by atoms with van der Waals surface area (Å²) in [7, 11) is 0. The van der Waals surface area contributed by atoms with Gasteiger partial charge in [0.2, 0.25) is 5.91 Å². The first kappa shape index (κ1) is 22.0. The highest BCUT2D eigenvalue weighted by Crippen LogP contribution is 2.25. The van der Waals surface area contributed by atoms with E-state index in [4.69, 9.17) is 0 Å². The lowest BCUT2D eigenvalue weighted by molar-refractivity contribution is -0.132. The SMILES string of the molecule is CC(Nc1ccc(N2CCN(Cc3ccccc3)CC2)cc1)C(=O)N1CCc2sccc2C1. The van der Waals surface area contributed by atoms with Crippen molar-refractivity contribution in [1.29, 1.82) is 0 Å². The monoisotopic (exact) mass is 460 g/mol. The Labute approximate surface area is 200 Å². The minimum Gasteiger partial charge on any atom is -0.374 e. The lowest BCUT2D eigenvalue weighted by Crippen LogP contribution is -2.46. The fourth-order valence-corrected chi connectivity index (χ4v) is 5.69. The van der Waals surface area contributed by atoms with Crippen LogP contribution >= 0.6 is 11.3 Å². The van der Waals surface area contributed by atoms with Crippen LogP contribution in [0.4, 0.5) is 11.4 Å². The van der Waals surface area contributed by atoms with Gasteiger partial charge in [-0.15, -0.1) is 11.3 Å². The van der Waals surface area contributed by atoms with E-state index in [0.29, 0.717) is 0 Å². The van der Waals surface area contributed by atoms with E-state index in [9.17, 15) is 4.79 Å². The van der Waals surface area contributed by atoms with Crippen LogP contribution in [0.25, 0.3) is 0 Å². The maximum atomic E-state index is 13.0. The van der Waals surface area contributed by atoms with E-state index < -0.39 is 0 Å². The third kappa shape index (κ3) is 5.23. The molecule has 0 bridgehead atoms. The Kier molecular flexibility index (Phi) is 6.65. The number of hydrogen-bond donors (Lipinski definition) is 1. The number of carbonyl (C=O) groups is 1. The van der Waals surface area contributed by atoms with Crippen LogP contribution < -0.4 is 10.2 Å². The maximum Gasteiger partial charge on any atom is 0.245 e. The molecule has 6 heteroatoms. The number of piperazine rings is 1. The minimum atomic E-state index is -0.238. The largest absolute Gasteiger partial charge is 0.374 e. The molecule has 33 heavy (non-hydrogen) atoms. The molecule has 3 heterocycles.